The maximum absolute atomic E-state index is 4.38. The van der Waals surface area contributed by atoms with Gasteiger partial charge in [-0.1, -0.05) is 19.8 Å². The largest absolute Gasteiger partial charge is 0.314 e. The van der Waals surface area contributed by atoms with E-state index in [4.69, 9.17) is 0 Å². The fourth-order valence-corrected chi connectivity index (χ4v) is 2.62. The molecule has 1 aliphatic rings. The average molecular weight is 221 g/mol. The Morgan fingerprint density at radius 3 is 3.06 bits per heavy atom. The molecule has 16 heavy (non-hydrogen) atoms. The van der Waals surface area contributed by atoms with Gasteiger partial charge in [-0.05, 0) is 24.8 Å². The Kier molecular flexibility index (Phi) is 3.99. The van der Waals surface area contributed by atoms with Crippen molar-refractivity contribution in [1.82, 2.24) is 15.1 Å². The zero-order chi connectivity index (χ0) is 11.4. The van der Waals surface area contributed by atoms with Gasteiger partial charge in [0, 0.05) is 32.3 Å². The summed E-state index contributed by atoms with van der Waals surface area (Å²) >= 11 is 0. The molecule has 2 rings (SSSR count). The van der Waals surface area contributed by atoms with Crippen LogP contribution in [-0.4, -0.2) is 22.4 Å². The lowest BCUT2D eigenvalue weighted by molar-refractivity contribution is 0.303. The van der Waals surface area contributed by atoms with Crippen LogP contribution in [0, 0.1) is 5.92 Å². The molecule has 0 aliphatic heterocycles. The summed E-state index contributed by atoms with van der Waals surface area (Å²) < 4.78 is 1.87. The van der Waals surface area contributed by atoms with Crippen molar-refractivity contribution >= 4 is 0 Å². The van der Waals surface area contributed by atoms with Crippen LogP contribution in [0.15, 0.2) is 12.3 Å². The van der Waals surface area contributed by atoms with E-state index >= 15 is 0 Å². The predicted molar refractivity (Wildman–Crippen MR) is 66.3 cm³/mol. The van der Waals surface area contributed by atoms with Gasteiger partial charge in [0.15, 0.2) is 0 Å². The molecule has 2 atom stereocenters. The lowest BCUT2D eigenvalue weighted by atomic mass is 9.87. The standard InChI is InChI=1S/C13H23N3/c1-11-4-3-5-13(10-11)14-8-6-12-7-9-16(2)15-12/h7,9,11,13-14H,3-6,8,10H2,1-2H3. The summed E-state index contributed by atoms with van der Waals surface area (Å²) in [5.74, 6) is 0.904. The van der Waals surface area contributed by atoms with E-state index in [0.717, 1.165) is 24.9 Å². The van der Waals surface area contributed by atoms with Gasteiger partial charge in [-0.15, -0.1) is 0 Å². The van der Waals surface area contributed by atoms with Gasteiger partial charge in [0.1, 0.15) is 0 Å². The van der Waals surface area contributed by atoms with Gasteiger partial charge in [-0.3, -0.25) is 4.68 Å². The maximum Gasteiger partial charge on any atom is 0.0637 e. The summed E-state index contributed by atoms with van der Waals surface area (Å²) in [6.07, 6.45) is 8.57. The van der Waals surface area contributed by atoms with E-state index in [-0.39, 0.29) is 0 Å². The summed E-state index contributed by atoms with van der Waals surface area (Å²) in [4.78, 5) is 0. The van der Waals surface area contributed by atoms with Crippen LogP contribution in [0.5, 0.6) is 0 Å². The SMILES string of the molecule is CC1CCCC(NCCc2ccn(C)n2)C1. The van der Waals surface area contributed by atoms with Gasteiger partial charge in [0.2, 0.25) is 0 Å². The highest BCUT2D eigenvalue weighted by Gasteiger charge is 2.17. The van der Waals surface area contributed by atoms with Crippen LogP contribution in [0.2, 0.25) is 0 Å². The van der Waals surface area contributed by atoms with Gasteiger partial charge >= 0.3 is 0 Å². The highest BCUT2D eigenvalue weighted by atomic mass is 15.2. The van der Waals surface area contributed by atoms with Gasteiger partial charge in [-0.25, -0.2) is 0 Å². The Morgan fingerprint density at radius 2 is 2.38 bits per heavy atom. The van der Waals surface area contributed by atoms with Crippen LogP contribution in [0.4, 0.5) is 0 Å². The first-order valence-electron chi connectivity index (χ1n) is 6.46. The molecule has 0 saturated heterocycles. The Bertz CT molecular complexity index is 319. The Hall–Kier alpha value is -0.830. The number of hydrogen-bond acceptors (Lipinski definition) is 2. The molecule has 3 heteroatoms. The monoisotopic (exact) mass is 221 g/mol. The predicted octanol–water partition coefficient (Wildman–Crippen LogP) is 2.13. The van der Waals surface area contributed by atoms with Crippen LogP contribution in [0.3, 0.4) is 0 Å². The second kappa shape index (κ2) is 5.48. The molecule has 1 fully saturated rings. The summed E-state index contributed by atoms with van der Waals surface area (Å²) in [6, 6.07) is 2.85. The maximum atomic E-state index is 4.38. The molecule has 0 spiro atoms. The average Bonchev–Trinajstić information content (AvgIpc) is 2.64. The van der Waals surface area contributed by atoms with Crippen LogP contribution in [0.1, 0.15) is 38.3 Å². The third-order valence-corrected chi connectivity index (χ3v) is 3.52. The summed E-state index contributed by atoms with van der Waals surface area (Å²) in [5.41, 5.74) is 1.19. The lowest BCUT2D eigenvalue weighted by Crippen LogP contribution is -2.34. The smallest absolute Gasteiger partial charge is 0.0637 e. The number of nitrogens with zero attached hydrogens (tertiary/aromatic N) is 2. The third-order valence-electron chi connectivity index (χ3n) is 3.52. The van der Waals surface area contributed by atoms with E-state index in [9.17, 15) is 0 Å². The topological polar surface area (TPSA) is 29.9 Å². The van der Waals surface area contributed by atoms with Crippen molar-refractivity contribution in [2.45, 2.75) is 45.1 Å². The molecule has 1 aromatic rings. The van der Waals surface area contributed by atoms with Crippen molar-refractivity contribution in [3.63, 3.8) is 0 Å². The van der Waals surface area contributed by atoms with E-state index in [1.165, 1.54) is 31.4 Å². The van der Waals surface area contributed by atoms with Crippen molar-refractivity contribution in [3.8, 4) is 0 Å². The lowest BCUT2D eigenvalue weighted by Gasteiger charge is -2.27. The third kappa shape index (κ3) is 3.34. The molecule has 1 saturated carbocycles. The first-order chi connectivity index (χ1) is 7.74. The van der Waals surface area contributed by atoms with E-state index < -0.39 is 0 Å². The molecule has 3 nitrogen and oxygen atoms in total. The van der Waals surface area contributed by atoms with Gasteiger partial charge < -0.3 is 5.32 Å². The first-order valence-corrected chi connectivity index (χ1v) is 6.46. The molecule has 2 unspecified atom stereocenters. The second-order valence-corrected chi connectivity index (χ2v) is 5.15. The van der Waals surface area contributed by atoms with Crippen molar-refractivity contribution < 1.29 is 0 Å². The molecule has 0 bridgehead atoms. The summed E-state index contributed by atoms with van der Waals surface area (Å²) in [6.45, 7) is 3.43. The first kappa shape index (κ1) is 11.6. The van der Waals surface area contributed by atoms with E-state index in [2.05, 4.69) is 23.4 Å². The number of aryl methyl sites for hydroxylation is 1. The molecule has 1 heterocycles. The van der Waals surface area contributed by atoms with E-state index in [1.54, 1.807) is 0 Å². The van der Waals surface area contributed by atoms with Crippen LogP contribution in [-0.2, 0) is 13.5 Å². The molecule has 1 aromatic heterocycles. The highest BCUT2D eigenvalue weighted by molar-refractivity contribution is 4.99. The highest BCUT2D eigenvalue weighted by Crippen LogP contribution is 2.23. The van der Waals surface area contributed by atoms with Crippen molar-refractivity contribution in [2.75, 3.05) is 6.54 Å². The molecule has 90 valence electrons. The number of aromatic nitrogens is 2. The van der Waals surface area contributed by atoms with Crippen LogP contribution in [0.25, 0.3) is 0 Å². The Morgan fingerprint density at radius 1 is 1.50 bits per heavy atom. The fraction of sp³-hybridized carbons (Fsp3) is 0.769. The van der Waals surface area contributed by atoms with E-state index in [0.29, 0.717) is 0 Å². The quantitative estimate of drug-likeness (QED) is 0.844. The van der Waals surface area contributed by atoms with Gasteiger partial charge in [0.05, 0.1) is 5.69 Å². The Balaban J connectivity index is 1.67. The number of rotatable bonds is 4. The number of nitrogens with one attached hydrogen (secondary N) is 1. The zero-order valence-corrected chi connectivity index (χ0v) is 10.4. The van der Waals surface area contributed by atoms with Crippen LogP contribution < -0.4 is 5.32 Å². The molecular formula is C13H23N3. The van der Waals surface area contributed by atoms with Crippen molar-refractivity contribution in [3.05, 3.63) is 18.0 Å². The molecule has 1 aliphatic carbocycles. The summed E-state index contributed by atoms with van der Waals surface area (Å²) in [5, 5.41) is 8.05. The normalized spacial score (nSPS) is 25.9. The molecule has 0 aromatic carbocycles. The minimum absolute atomic E-state index is 0.743. The van der Waals surface area contributed by atoms with E-state index in [1.807, 2.05) is 17.9 Å². The summed E-state index contributed by atoms with van der Waals surface area (Å²) in [7, 11) is 1.97. The zero-order valence-electron chi connectivity index (χ0n) is 10.4. The van der Waals surface area contributed by atoms with Gasteiger partial charge in [-0.2, -0.15) is 5.10 Å². The Labute approximate surface area is 98.2 Å². The second-order valence-electron chi connectivity index (χ2n) is 5.15. The van der Waals surface area contributed by atoms with Crippen molar-refractivity contribution in [1.29, 1.82) is 0 Å². The molecule has 0 radical (unpaired) electrons. The minimum Gasteiger partial charge on any atom is -0.314 e. The minimum atomic E-state index is 0.743. The molecular weight excluding hydrogens is 198 g/mol. The number of hydrogen-bond donors (Lipinski definition) is 1. The van der Waals surface area contributed by atoms with Crippen LogP contribution >= 0.6 is 0 Å². The van der Waals surface area contributed by atoms with Gasteiger partial charge in [0.25, 0.3) is 0 Å². The molecule has 0 amide bonds. The molecule has 1 N–H and O–H groups in total. The fourth-order valence-electron chi connectivity index (χ4n) is 2.62. The van der Waals surface area contributed by atoms with Crippen molar-refractivity contribution in [2.24, 2.45) is 13.0 Å².